The van der Waals surface area contributed by atoms with Gasteiger partial charge in [-0.2, -0.15) is 0 Å². The molecule has 2 aromatic carbocycles. The Balaban J connectivity index is 1.10. The van der Waals surface area contributed by atoms with E-state index in [1.165, 1.54) is 17.2 Å². The summed E-state index contributed by atoms with van der Waals surface area (Å²) in [5.74, 6) is -4.77. The van der Waals surface area contributed by atoms with E-state index in [0.717, 1.165) is 29.0 Å². The molecular weight excluding hydrogens is 654 g/mol. The highest BCUT2D eigenvalue weighted by atomic mass is 19.1. The molecule has 2 N–H and O–H groups in total. The minimum Gasteiger partial charge on any atom is -0.477 e. The number of nitrogens with one attached hydrogen (secondary N) is 1. The Bertz CT molecular complexity index is 2150. The Labute approximate surface area is 273 Å². The lowest BCUT2D eigenvalue weighted by molar-refractivity contribution is 0.0695. The average Bonchev–Trinajstić information content (AvgIpc) is 3.74. The summed E-state index contributed by atoms with van der Waals surface area (Å²) in [5, 5.41) is 15.9. The van der Waals surface area contributed by atoms with Crippen molar-refractivity contribution in [2.24, 2.45) is 0 Å². The largest absolute Gasteiger partial charge is 0.477 e. The van der Waals surface area contributed by atoms with Gasteiger partial charge in [0.1, 0.15) is 35.4 Å². The fourth-order valence-corrected chi connectivity index (χ4v) is 5.89. The number of carboxylic acid groups (broad SMARTS) is 1. The van der Waals surface area contributed by atoms with Crippen molar-refractivity contribution in [1.29, 1.82) is 0 Å². The molecule has 5 aromatic rings. The number of aromatic nitrogens is 3. The first-order valence-electron chi connectivity index (χ1n) is 14.9. The van der Waals surface area contributed by atoms with Crippen LogP contribution in [0.4, 0.5) is 45.4 Å². The van der Waals surface area contributed by atoms with E-state index < -0.39 is 57.8 Å². The number of hydrogen-bond donors (Lipinski definition) is 2. The summed E-state index contributed by atoms with van der Waals surface area (Å²) in [6.45, 7) is 1.25. The van der Waals surface area contributed by atoms with Gasteiger partial charge in [0.2, 0.25) is 5.43 Å². The second-order valence-electron chi connectivity index (χ2n) is 11.3. The molecule has 0 aliphatic carbocycles. The monoisotopic (exact) mass is 679 g/mol. The Hall–Kier alpha value is -6.13. The average molecular weight is 680 g/mol. The summed E-state index contributed by atoms with van der Waals surface area (Å²) in [7, 11) is 0. The molecule has 3 aromatic heterocycles. The van der Waals surface area contributed by atoms with Crippen molar-refractivity contribution >= 4 is 46.1 Å². The predicted molar refractivity (Wildman–Crippen MR) is 168 cm³/mol. The van der Waals surface area contributed by atoms with E-state index in [0.29, 0.717) is 17.6 Å². The second-order valence-corrected chi connectivity index (χ2v) is 11.3. The maximum atomic E-state index is 15.5. The number of fused-ring (bicyclic) bond motifs is 1. The second kappa shape index (κ2) is 12.5. The van der Waals surface area contributed by atoms with E-state index in [1.807, 2.05) is 0 Å². The molecule has 252 valence electrons. The molecule has 2 fully saturated rings. The van der Waals surface area contributed by atoms with Gasteiger partial charge in [-0.1, -0.05) is 5.16 Å². The van der Waals surface area contributed by atoms with Gasteiger partial charge in [-0.05, 0) is 36.4 Å². The minimum absolute atomic E-state index is 0.164. The van der Waals surface area contributed by atoms with E-state index in [-0.39, 0.29) is 62.1 Å². The molecule has 13 nitrogen and oxygen atoms in total. The number of rotatable bonds is 8. The number of cyclic esters (lactones) is 1. The first kappa shape index (κ1) is 31.5. The summed E-state index contributed by atoms with van der Waals surface area (Å²) in [5.41, 5.74) is -1.75. The van der Waals surface area contributed by atoms with E-state index in [4.69, 9.17) is 9.26 Å². The van der Waals surface area contributed by atoms with E-state index in [9.17, 15) is 28.3 Å². The third kappa shape index (κ3) is 5.94. The highest BCUT2D eigenvalue weighted by Crippen LogP contribution is 2.31. The van der Waals surface area contributed by atoms with E-state index in [2.05, 4.69) is 15.5 Å². The van der Waals surface area contributed by atoms with Gasteiger partial charge in [0, 0.05) is 44.5 Å². The lowest BCUT2D eigenvalue weighted by Gasteiger charge is -2.37. The smallest absolute Gasteiger partial charge is 0.414 e. The molecule has 49 heavy (non-hydrogen) atoms. The normalized spacial score (nSPS) is 16.4. The van der Waals surface area contributed by atoms with Gasteiger partial charge in [0.05, 0.1) is 35.5 Å². The van der Waals surface area contributed by atoms with Crippen molar-refractivity contribution < 1.29 is 41.5 Å². The van der Waals surface area contributed by atoms with Crippen LogP contribution in [0.3, 0.4) is 0 Å². The number of carboxylic acids is 1. The number of carbonyl (C=O) groups excluding carboxylic acids is 1. The minimum atomic E-state index is -1.62. The highest BCUT2D eigenvalue weighted by Gasteiger charge is 2.33. The Morgan fingerprint density at radius 2 is 1.65 bits per heavy atom. The molecule has 17 heteroatoms. The zero-order valence-corrected chi connectivity index (χ0v) is 25.3. The fourth-order valence-electron chi connectivity index (χ4n) is 5.89. The van der Waals surface area contributed by atoms with Crippen molar-refractivity contribution in [2.75, 3.05) is 59.3 Å². The van der Waals surface area contributed by atoms with Gasteiger partial charge in [-0.3, -0.25) is 14.3 Å². The van der Waals surface area contributed by atoms with Gasteiger partial charge in [-0.15, -0.1) is 0 Å². The number of amides is 1. The van der Waals surface area contributed by atoms with Crippen LogP contribution in [0.5, 0.6) is 0 Å². The maximum absolute atomic E-state index is 15.5. The van der Waals surface area contributed by atoms with Gasteiger partial charge < -0.3 is 29.5 Å². The number of nitrogens with zero attached hydrogens (tertiary/aromatic N) is 6. The molecule has 0 bridgehead atoms. The zero-order chi connectivity index (χ0) is 34.4. The SMILES string of the molecule is O=C(O)c1cn(-c2ccc(F)cc2F)c2nc(N3CCN(c4ccc(N5C[C@H](CNc6ccon6)OC5=O)cc4F)CC3)c(F)cc2c1=O. The number of pyridine rings is 2. The lowest BCUT2D eigenvalue weighted by Crippen LogP contribution is -2.47. The fraction of sp³-hybridized carbons (Fsp3) is 0.219. The quantitative estimate of drug-likeness (QED) is 0.225. The molecule has 1 atom stereocenters. The van der Waals surface area contributed by atoms with Crippen molar-refractivity contribution in [3.8, 4) is 5.69 Å². The molecule has 1 amide bonds. The van der Waals surface area contributed by atoms with Crippen LogP contribution in [-0.4, -0.2) is 77.2 Å². The molecule has 0 unspecified atom stereocenters. The number of piperazine rings is 1. The molecule has 2 aliphatic heterocycles. The van der Waals surface area contributed by atoms with Crippen molar-refractivity contribution in [3.63, 3.8) is 0 Å². The van der Waals surface area contributed by atoms with Crippen LogP contribution in [0.25, 0.3) is 16.7 Å². The molecule has 2 aliphatic rings. The summed E-state index contributed by atoms with van der Waals surface area (Å²) in [6, 6.07) is 9.42. The van der Waals surface area contributed by atoms with Gasteiger partial charge >= 0.3 is 12.1 Å². The number of benzene rings is 2. The summed E-state index contributed by atoms with van der Waals surface area (Å²) in [4.78, 5) is 46.2. The maximum Gasteiger partial charge on any atom is 0.414 e. The summed E-state index contributed by atoms with van der Waals surface area (Å²) < 4.78 is 70.5. The number of ether oxygens (including phenoxy) is 1. The Kier molecular flexibility index (Phi) is 8.01. The summed E-state index contributed by atoms with van der Waals surface area (Å²) in [6.07, 6.45) is 1.13. The molecule has 0 radical (unpaired) electrons. The number of halogens is 4. The molecule has 2 saturated heterocycles. The molecule has 0 saturated carbocycles. The van der Waals surface area contributed by atoms with Gasteiger partial charge in [0.25, 0.3) is 0 Å². The van der Waals surface area contributed by atoms with Crippen molar-refractivity contribution in [2.45, 2.75) is 6.10 Å². The number of hydrogen-bond acceptors (Lipinski definition) is 10. The van der Waals surface area contributed by atoms with Crippen LogP contribution >= 0.6 is 0 Å². The Morgan fingerprint density at radius 3 is 2.35 bits per heavy atom. The molecular formula is C32H25F4N7O6. The predicted octanol–water partition coefficient (Wildman–Crippen LogP) is 4.39. The van der Waals surface area contributed by atoms with Crippen LogP contribution in [0, 0.1) is 23.3 Å². The number of carbonyl (C=O) groups is 2. The van der Waals surface area contributed by atoms with Gasteiger partial charge in [-0.25, -0.2) is 32.1 Å². The number of aromatic carboxylic acids is 1. The van der Waals surface area contributed by atoms with Crippen LogP contribution in [0.2, 0.25) is 0 Å². The third-order valence-corrected chi connectivity index (χ3v) is 8.30. The van der Waals surface area contributed by atoms with E-state index in [1.54, 1.807) is 28.0 Å². The van der Waals surface area contributed by atoms with Crippen molar-refractivity contribution in [3.05, 3.63) is 100 Å². The third-order valence-electron chi connectivity index (χ3n) is 8.30. The van der Waals surface area contributed by atoms with Gasteiger partial charge in [0.15, 0.2) is 23.1 Å². The van der Waals surface area contributed by atoms with Crippen molar-refractivity contribution in [1.82, 2.24) is 14.7 Å². The first-order chi connectivity index (χ1) is 23.6. The zero-order valence-electron chi connectivity index (χ0n) is 25.3. The van der Waals surface area contributed by atoms with Crippen LogP contribution in [-0.2, 0) is 4.74 Å². The van der Waals surface area contributed by atoms with E-state index >= 15 is 8.78 Å². The lowest BCUT2D eigenvalue weighted by atomic mass is 10.1. The van der Waals surface area contributed by atoms with Crippen LogP contribution in [0.1, 0.15) is 10.4 Å². The molecule has 7 rings (SSSR count). The first-order valence-corrected chi connectivity index (χ1v) is 14.9. The highest BCUT2D eigenvalue weighted by molar-refractivity contribution is 5.93. The summed E-state index contributed by atoms with van der Waals surface area (Å²) >= 11 is 0. The molecule has 5 heterocycles. The van der Waals surface area contributed by atoms with Crippen LogP contribution < -0.4 is 25.4 Å². The Morgan fingerprint density at radius 1 is 0.918 bits per heavy atom. The topological polar surface area (TPSA) is 146 Å². The number of anilines is 4. The van der Waals surface area contributed by atoms with Crippen LogP contribution in [0.15, 0.2) is 70.3 Å². The molecule has 0 spiro atoms. The standard InChI is InChI=1S/C32H25F4N7O6/c33-17-1-3-26(22(34)11-17)43-16-21(31(45)46)28(44)20-13-24(36)30(38-29(20)43)41-8-6-40(7-9-41)25-4-2-18(12-23(25)35)42-15-19(49-32(42)47)14-37-27-5-10-48-39-27/h1-5,10-13,16,19H,6-9,14-15H2,(H,37,39)(H,45,46)/t19-/m0/s1.